The molecule has 1 aliphatic carbocycles. The third kappa shape index (κ3) is 4.51. The molecule has 1 aromatic rings. The normalized spacial score (nSPS) is 21.8. The first-order valence-electron chi connectivity index (χ1n) is 6.83. The summed E-state index contributed by atoms with van der Waals surface area (Å²) < 4.78 is 0. The molecule has 0 heterocycles. The zero-order chi connectivity index (χ0) is 13.0. The molecule has 1 fully saturated rings. The van der Waals surface area contributed by atoms with E-state index in [1.165, 1.54) is 5.56 Å². The van der Waals surface area contributed by atoms with Gasteiger partial charge in [-0.05, 0) is 42.9 Å². The fourth-order valence-corrected chi connectivity index (χ4v) is 2.59. The minimum atomic E-state index is 0. The van der Waals surface area contributed by atoms with Gasteiger partial charge in [0.25, 0.3) is 0 Å². The van der Waals surface area contributed by atoms with Gasteiger partial charge >= 0.3 is 0 Å². The molecule has 19 heavy (non-hydrogen) atoms. The molecule has 1 aliphatic rings. The average molecular weight is 283 g/mol. The first-order chi connectivity index (χ1) is 8.69. The number of benzene rings is 1. The zero-order valence-corrected chi connectivity index (χ0v) is 12.2. The smallest absolute Gasteiger partial charge is 0.224 e. The van der Waals surface area contributed by atoms with Crippen molar-refractivity contribution in [3.8, 4) is 0 Å². The Bertz CT molecular complexity index is 405. The van der Waals surface area contributed by atoms with E-state index in [-0.39, 0.29) is 24.4 Å². The number of halogens is 1. The van der Waals surface area contributed by atoms with E-state index in [0.29, 0.717) is 12.3 Å². The lowest BCUT2D eigenvalue weighted by Crippen LogP contribution is -2.28. The van der Waals surface area contributed by atoms with Crippen molar-refractivity contribution in [2.45, 2.75) is 45.1 Å². The van der Waals surface area contributed by atoms with Crippen molar-refractivity contribution in [2.24, 2.45) is 11.7 Å². The standard InChI is InChI=1S/C15H22N2O.ClH/c1-2-11-6-8-13(9-7-11)17-15(18)10-12-4-3-5-14(12)16;/h6-9,12,14H,2-5,10,16H2,1H3,(H,17,18);1H/t12-,14+;/m0./s1. The van der Waals surface area contributed by atoms with Crippen LogP contribution >= 0.6 is 12.4 Å². The fraction of sp³-hybridized carbons (Fsp3) is 0.533. The molecule has 1 amide bonds. The first kappa shape index (κ1) is 16.0. The highest BCUT2D eigenvalue weighted by atomic mass is 35.5. The quantitative estimate of drug-likeness (QED) is 0.891. The molecule has 3 nitrogen and oxygen atoms in total. The number of carbonyl (C=O) groups excluding carboxylic acids is 1. The number of hydrogen-bond donors (Lipinski definition) is 2. The summed E-state index contributed by atoms with van der Waals surface area (Å²) in [4.78, 5) is 11.9. The predicted octanol–water partition coefficient (Wildman–Crippen LogP) is 3.13. The molecule has 3 N–H and O–H groups in total. The Morgan fingerprint density at radius 1 is 1.32 bits per heavy atom. The maximum atomic E-state index is 11.9. The Morgan fingerprint density at radius 3 is 2.53 bits per heavy atom. The van der Waals surface area contributed by atoms with Gasteiger partial charge in [0, 0.05) is 18.2 Å². The summed E-state index contributed by atoms with van der Waals surface area (Å²) in [5.74, 6) is 0.446. The number of nitrogens with two attached hydrogens (primary N) is 1. The third-order valence-corrected chi connectivity index (χ3v) is 3.81. The molecule has 4 heteroatoms. The molecule has 2 rings (SSSR count). The molecule has 106 valence electrons. The average Bonchev–Trinajstić information content (AvgIpc) is 2.76. The number of aryl methyl sites for hydroxylation is 1. The summed E-state index contributed by atoms with van der Waals surface area (Å²) in [6.45, 7) is 2.12. The van der Waals surface area contributed by atoms with Gasteiger partial charge in [-0.15, -0.1) is 12.4 Å². The molecule has 0 aromatic heterocycles. The van der Waals surface area contributed by atoms with E-state index < -0.39 is 0 Å². The van der Waals surface area contributed by atoms with Crippen LogP contribution in [0.5, 0.6) is 0 Å². The van der Waals surface area contributed by atoms with Gasteiger partial charge in [-0.3, -0.25) is 4.79 Å². The molecule has 0 aliphatic heterocycles. The minimum absolute atomic E-state index is 0. The van der Waals surface area contributed by atoms with Crippen LogP contribution in [0.25, 0.3) is 0 Å². The van der Waals surface area contributed by atoms with Gasteiger partial charge in [-0.2, -0.15) is 0 Å². The Kier molecular flexibility index (Phi) is 6.32. The summed E-state index contributed by atoms with van der Waals surface area (Å²) in [6, 6.07) is 8.24. The fourth-order valence-electron chi connectivity index (χ4n) is 2.59. The molecule has 0 radical (unpaired) electrons. The summed E-state index contributed by atoms with van der Waals surface area (Å²) in [7, 11) is 0. The van der Waals surface area contributed by atoms with Gasteiger partial charge in [-0.1, -0.05) is 25.5 Å². The van der Waals surface area contributed by atoms with Crippen molar-refractivity contribution in [3.05, 3.63) is 29.8 Å². The monoisotopic (exact) mass is 282 g/mol. The van der Waals surface area contributed by atoms with E-state index in [1.54, 1.807) is 0 Å². The maximum Gasteiger partial charge on any atom is 0.224 e. The van der Waals surface area contributed by atoms with Gasteiger partial charge in [0.1, 0.15) is 0 Å². The second-order valence-electron chi connectivity index (χ2n) is 5.16. The lowest BCUT2D eigenvalue weighted by Gasteiger charge is -2.14. The molecular formula is C15H23ClN2O. The van der Waals surface area contributed by atoms with Crippen LogP contribution in [0.15, 0.2) is 24.3 Å². The van der Waals surface area contributed by atoms with Crippen LogP contribution in [0.4, 0.5) is 5.69 Å². The SMILES string of the molecule is CCc1ccc(NC(=O)C[C@@H]2CCC[C@H]2N)cc1.Cl. The molecular weight excluding hydrogens is 260 g/mol. The van der Waals surface area contributed by atoms with Crippen molar-refractivity contribution in [3.63, 3.8) is 0 Å². The highest BCUT2D eigenvalue weighted by molar-refractivity contribution is 5.90. The van der Waals surface area contributed by atoms with E-state index in [2.05, 4.69) is 24.4 Å². The summed E-state index contributed by atoms with van der Waals surface area (Å²) in [5.41, 5.74) is 8.14. The number of hydrogen-bond acceptors (Lipinski definition) is 2. The predicted molar refractivity (Wildman–Crippen MR) is 81.6 cm³/mol. The van der Waals surface area contributed by atoms with Crippen LogP contribution in [0.3, 0.4) is 0 Å². The lowest BCUT2D eigenvalue weighted by atomic mass is 10.00. The van der Waals surface area contributed by atoms with Crippen molar-refractivity contribution < 1.29 is 4.79 Å². The van der Waals surface area contributed by atoms with Crippen molar-refractivity contribution in [1.29, 1.82) is 0 Å². The Hall–Kier alpha value is -1.06. The van der Waals surface area contributed by atoms with Crippen LogP contribution in [0, 0.1) is 5.92 Å². The lowest BCUT2D eigenvalue weighted by molar-refractivity contribution is -0.117. The van der Waals surface area contributed by atoms with Crippen LogP contribution in [0.1, 0.15) is 38.2 Å². The van der Waals surface area contributed by atoms with Crippen LogP contribution in [0.2, 0.25) is 0 Å². The Morgan fingerprint density at radius 2 is 2.00 bits per heavy atom. The van der Waals surface area contributed by atoms with Crippen molar-refractivity contribution >= 4 is 24.0 Å². The van der Waals surface area contributed by atoms with Crippen LogP contribution < -0.4 is 11.1 Å². The van der Waals surface area contributed by atoms with E-state index >= 15 is 0 Å². The Labute approximate surface area is 121 Å². The maximum absolute atomic E-state index is 11.9. The summed E-state index contributed by atoms with van der Waals surface area (Å²) >= 11 is 0. The second kappa shape index (κ2) is 7.51. The molecule has 0 unspecified atom stereocenters. The number of nitrogens with one attached hydrogen (secondary N) is 1. The third-order valence-electron chi connectivity index (χ3n) is 3.81. The molecule has 2 atom stereocenters. The first-order valence-corrected chi connectivity index (χ1v) is 6.83. The zero-order valence-electron chi connectivity index (χ0n) is 11.4. The molecule has 0 spiro atoms. The van der Waals surface area contributed by atoms with Crippen molar-refractivity contribution in [2.75, 3.05) is 5.32 Å². The van der Waals surface area contributed by atoms with Gasteiger partial charge < -0.3 is 11.1 Å². The van der Waals surface area contributed by atoms with E-state index in [1.807, 2.05) is 12.1 Å². The topological polar surface area (TPSA) is 55.1 Å². The molecule has 1 aromatic carbocycles. The molecule has 0 saturated heterocycles. The van der Waals surface area contributed by atoms with Gasteiger partial charge in [0.05, 0.1) is 0 Å². The van der Waals surface area contributed by atoms with Gasteiger partial charge in [0.2, 0.25) is 5.91 Å². The van der Waals surface area contributed by atoms with Gasteiger partial charge in [0.15, 0.2) is 0 Å². The number of amides is 1. The number of anilines is 1. The highest BCUT2D eigenvalue weighted by Gasteiger charge is 2.25. The van der Waals surface area contributed by atoms with Crippen LogP contribution in [-0.4, -0.2) is 11.9 Å². The molecule has 1 saturated carbocycles. The highest BCUT2D eigenvalue weighted by Crippen LogP contribution is 2.27. The minimum Gasteiger partial charge on any atom is -0.327 e. The number of rotatable bonds is 4. The number of carbonyl (C=O) groups is 1. The van der Waals surface area contributed by atoms with E-state index in [4.69, 9.17) is 5.73 Å². The molecule has 0 bridgehead atoms. The van der Waals surface area contributed by atoms with E-state index in [9.17, 15) is 4.79 Å². The summed E-state index contributed by atoms with van der Waals surface area (Å²) in [6.07, 6.45) is 4.87. The van der Waals surface area contributed by atoms with Crippen LogP contribution in [-0.2, 0) is 11.2 Å². The van der Waals surface area contributed by atoms with Gasteiger partial charge in [-0.25, -0.2) is 0 Å². The second-order valence-corrected chi connectivity index (χ2v) is 5.16. The van der Waals surface area contributed by atoms with Crippen molar-refractivity contribution in [1.82, 2.24) is 0 Å². The van der Waals surface area contributed by atoms with E-state index in [0.717, 1.165) is 31.4 Å². The Balaban J connectivity index is 0.00000180. The summed E-state index contributed by atoms with van der Waals surface area (Å²) in [5, 5.41) is 2.95. The largest absolute Gasteiger partial charge is 0.327 e.